The average Bonchev–Trinajstić information content (AvgIpc) is 2.63. The molecule has 0 saturated carbocycles. The maximum absolute atomic E-state index is 12.5. The van der Waals surface area contributed by atoms with Gasteiger partial charge in [0.15, 0.2) is 12.4 Å². The largest absolute Gasteiger partial charge is 0.496 e. The van der Waals surface area contributed by atoms with Crippen LogP contribution < -0.4 is 10.1 Å². The second kappa shape index (κ2) is 10.1. The molecule has 1 aromatic carbocycles. The minimum atomic E-state index is -1.25. The number of amides is 1. The summed E-state index contributed by atoms with van der Waals surface area (Å²) in [6, 6.07) is 7.27. The number of carbonyl (C=O) groups excluding carboxylic acids is 3. The summed E-state index contributed by atoms with van der Waals surface area (Å²) in [6.45, 7) is 4.13. The second-order valence-electron chi connectivity index (χ2n) is 6.21. The highest BCUT2D eigenvalue weighted by atomic mass is 16.5. The van der Waals surface area contributed by atoms with E-state index >= 15 is 0 Å². The first kappa shape index (κ1) is 21.8. The summed E-state index contributed by atoms with van der Waals surface area (Å²) in [7, 11) is 1.43. The lowest BCUT2D eigenvalue weighted by atomic mass is 10.0. The molecule has 0 fully saturated rings. The third kappa shape index (κ3) is 5.92. The van der Waals surface area contributed by atoms with Crippen LogP contribution in [0, 0.1) is 28.6 Å². The molecular formula is C19H23N3O5. The third-order valence-electron chi connectivity index (χ3n) is 3.80. The Morgan fingerprint density at radius 1 is 1.26 bits per heavy atom. The summed E-state index contributed by atoms with van der Waals surface area (Å²) in [4.78, 5) is 36.7. The van der Waals surface area contributed by atoms with Gasteiger partial charge in [0.25, 0.3) is 5.91 Å². The van der Waals surface area contributed by atoms with Crippen LogP contribution in [0.2, 0.25) is 0 Å². The SMILES string of the molecule is COc1ccccc1C(=O)N[C@H](C(=O)OCC(=O)[C@@H](C#N)C(C)=N)C(C)C. The number of methoxy groups -OCH3 is 1. The molecule has 8 nitrogen and oxygen atoms in total. The summed E-state index contributed by atoms with van der Waals surface area (Å²) in [5.74, 6) is -3.18. The number of nitrogens with zero attached hydrogens (tertiary/aromatic N) is 1. The van der Waals surface area contributed by atoms with Gasteiger partial charge in [0.1, 0.15) is 17.7 Å². The summed E-state index contributed by atoms with van der Waals surface area (Å²) in [6.07, 6.45) is 0. The number of Topliss-reactive ketones (excluding diaryl/α,β-unsaturated/α-hetero) is 1. The van der Waals surface area contributed by atoms with Crippen LogP contribution in [0.15, 0.2) is 24.3 Å². The van der Waals surface area contributed by atoms with Crippen molar-refractivity contribution in [3.63, 3.8) is 0 Å². The Bertz CT molecular complexity index is 767. The molecule has 27 heavy (non-hydrogen) atoms. The van der Waals surface area contributed by atoms with E-state index in [1.807, 2.05) is 0 Å². The molecule has 1 rings (SSSR count). The van der Waals surface area contributed by atoms with Crippen LogP contribution in [-0.4, -0.2) is 43.1 Å². The third-order valence-corrected chi connectivity index (χ3v) is 3.80. The van der Waals surface area contributed by atoms with Gasteiger partial charge in [-0.15, -0.1) is 0 Å². The first-order chi connectivity index (χ1) is 12.7. The molecule has 0 saturated heterocycles. The lowest BCUT2D eigenvalue weighted by Crippen LogP contribution is -2.46. The van der Waals surface area contributed by atoms with Gasteiger partial charge in [-0.25, -0.2) is 4.79 Å². The number of nitriles is 1. The first-order valence-corrected chi connectivity index (χ1v) is 8.30. The Kier molecular flexibility index (Phi) is 8.14. The zero-order valence-electron chi connectivity index (χ0n) is 15.7. The molecule has 0 aliphatic rings. The van der Waals surface area contributed by atoms with E-state index in [4.69, 9.17) is 20.1 Å². The zero-order valence-corrected chi connectivity index (χ0v) is 15.7. The molecule has 0 unspecified atom stereocenters. The maximum Gasteiger partial charge on any atom is 0.329 e. The van der Waals surface area contributed by atoms with Crippen molar-refractivity contribution in [2.24, 2.45) is 11.8 Å². The van der Waals surface area contributed by atoms with E-state index in [0.717, 1.165) is 0 Å². The van der Waals surface area contributed by atoms with Crippen LogP contribution >= 0.6 is 0 Å². The van der Waals surface area contributed by atoms with Gasteiger partial charge >= 0.3 is 5.97 Å². The minimum absolute atomic E-state index is 0.122. The number of para-hydroxylation sites is 1. The fraction of sp³-hybridized carbons (Fsp3) is 0.421. The average molecular weight is 373 g/mol. The number of esters is 1. The lowest BCUT2D eigenvalue weighted by Gasteiger charge is -2.21. The Labute approximate surface area is 158 Å². The van der Waals surface area contributed by atoms with Crippen molar-refractivity contribution in [1.82, 2.24) is 5.32 Å². The summed E-state index contributed by atoms with van der Waals surface area (Å²) < 4.78 is 10.1. The van der Waals surface area contributed by atoms with Crippen molar-refractivity contribution in [3.8, 4) is 11.8 Å². The van der Waals surface area contributed by atoms with E-state index < -0.39 is 36.2 Å². The van der Waals surface area contributed by atoms with E-state index in [1.54, 1.807) is 44.2 Å². The Morgan fingerprint density at radius 3 is 2.41 bits per heavy atom. The fourth-order valence-corrected chi connectivity index (χ4v) is 2.27. The van der Waals surface area contributed by atoms with Gasteiger partial charge in [0.2, 0.25) is 0 Å². The van der Waals surface area contributed by atoms with Gasteiger partial charge in [-0.3, -0.25) is 9.59 Å². The smallest absolute Gasteiger partial charge is 0.329 e. The molecular weight excluding hydrogens is 350 g/mol. The van der Waals surface area contributed by atoms with Crippen molar-refractivity contribution in [2.45, 2.75) is 26.8 Å². The number of hydrogen-bond donors (Lipinski definition) is 2. The molecule has 8 heteroatoms. The molecule has 0 spiro atoms. The molecule has 2 atom stereocenters. The monoisotopic (exact) mass is 373 g/mol. The number of nitrogens with one attached hydrogen (secondary N) is 2. The number of ether oxygens (including phenoxy) is 2. The number of hydrogen-bond acceptors (Lipinski definition) is 7. The molecule has 0 aliphatic carbocycles. The van der Waals surface area contributed by atoms with Crippen molar-refractivity contribution in [3.05, 3.63) is 29.8 Å². The molecule has 0 radical (unpaired) electrons. The number of ketones is 1. The molecule has 0 bridgehead atoms. The highest BCUT2D eigenvalue weighted by Crippen LogP contribution is 2.18. The normalized spacial score (nSPS) is 12.4. The molecule has 2 N–H and O–H groups in total. The summed E-state index contributed by atoms with van der Waals surface area (Å²) >= 11 is 0. The first-order valence-electron chi connectivity index (χ1n) is 8.30. The van der Waals surface area contributed by atoms with Gasteiger partial charge in [0, 0.05) is 5.71 Å². The molecule has 144 valence electrons. The molecule has 0 aromatic heterocycles. The van der Waals surface area contributed by atoms with E-state index in [9.17, 15) is 14.4 Å². The fourth-order valence-electron chi connectivity index (χ4n) is 2.27. The topological polar surface area (TPSA) is 129 Å². The summed E-state index contributed by atoms with van der Waals surface area (Å²) in [5.41, 5.74) is 0.141. The predicted molar refractivity (Wildman–Crippen MR) is 97.6 cm³/mol. The zero-order chi connectivity index (χ0) is 20.6. The number of rotatable bonds is 9. The second-order valence-corrected chi connectivity index (χ2v) is 6.21. The van der Waals surface area contributed by atoms with Crippen molar-refractivity contribution < 1.29 is 23.9 Å². The Balaban J connectivity index is 2.82. The van der Waals surface area contributed by atoms with Crippen LogP contribution in [0.4, 0.5) is 0 Å². The van der Waals surface area contributed by atoms with Crippen molar-refractivity contribution in [1.29, 1.82) is 10.7 Å². The number of benzene rings is 1. The molecule has 1 aromatic rings. The molecule has 0 aliphatic heterocycles. The van der Waals surface area contributed by atoms with Crippen LogP contribution in [0.3, 0.4) is 0 Å². The summed E-state index contributed by atoms with van der Waals surface area (Å²) in [5, 5.41) is 18.9. The van der Waals surface area contributed by atoms with Crippen LogP contribution in [0.25, 0.3) is 0 Å². The van der Waals surface area contributed by atoms with E-state index in [1.165, 1.54) is 14.0 Å². The maximum atomic E-state index is 12.5. The van der Waals surface area contributed by atoms with E-state index in [0.29, 0.717) is 5.75 Å². The molecule has 0 heterocycles. The van der Waals surface area contributed by atoms with Crippen molar-refractivity contribution in [2.75, 3.05) is 13.7 Å². The quantitative estimate of drug-likeness (QED) is 0.501. The van der Waals surface area contributed by atoms with Crippen molar-refractivity contribution >= 4 is 23.4 Å². The van der Waals surface area contributed by atoms with Gasteiger partial charge in [-0.2, -0.15) is 5.26 Å². The lowest BCUT2D eigenvalue weighted by molar-refractivity contribution is -0.151. The van der Waals surface area contributed by atoms with E-state index in [-0.39, 0.29) is 17.2 Å². The van der Waals surface area contributed by atoms with Gasteiger partial charge < -0.3 is 20.2 Å². The highest BCUT2D eigenvalue weighted by Gasteiger charge is 2.29. The Morgan fingerprint density at radius 2 is 1.89 bits per heavy atom. The Hall–Kier alpha value is -3.21. The van der Waals surface area contributed by atoms with Crippen LogP contribution in [0.5, 0.6) is 5.75 Å². The van der Waals surface area contributed by atoms with E-state index in [2.05, 4.69) is 5.32 Å². The van der Waals surface area contributed by atoms with Gasteiger partial charge in [-0.05, 0) is 25.0 Å². The molecule has 1 amide bonds. The highest BCUT2D eigenvalue weighted by molar-refractivity contribution is 6.06. The number of carbonyl (C=O) groups is 3. The predicted octanol–water partition coefficient (Wildman–Crippen LogP) is 1.74. The van der Waals surface area contributed by atoms with Gasteiger partial charge in [0.05, 0.1) is 18.7 Å². The van der Waals surface area contributed by atoms with Crippen LogP contribution in [-0.2, 0) is 14.3 Å². The standard InChI is InChI=1S/C19H23N3O5/c1-11(2)17(19(25)27-10-15(23)14(9-20)12(3)21)22-18(24)13-7-5-6-8-16(13)26-4/h5-8,11,14,17,21H,10H2,1-4H3,(H,22,24)/t14-,17-/m0/s1. The minimum Gasteiger partial charge on any atom is -0.496 e. The van der Waals surface area contributed by atoms with Gasteiger partial charge in [-0.1, -0.05) is 26.0 Å². The van der Waals surface area contributed by atoms with Crippen LogP contribution in [0.1, 0.15) is 31.1 Å².